The van der Waals surface area contributed by atoms with Gasteiger partial charge in [0, 0.05) is 13.0 Å². The number of likely N-dealkylation sites (tertiary alicyclic amines) is 1. The van der Waals surface area contributed by atoms with E-state index in [0.29, 0.717) is 19.4 Å². The molecule has 2 atom stereocenters. The van der Waals surface area contributed by atoms with Gasteiger partial charge in [0.2, 0.25) is 11.8 Å². The Bertz CT molecular complexity index is 872. The van der Waals surface area contributed by atoms with Gasteiger partial charge >= 0.3 is 12.0 Å². The Morgan fingerprint density at radius 3 is 2.61 bits per heavy atom. The summed E-state index contributed by atoms with van der Waals surface area (Å²) in [5.74, 6) is -1.15. The average molecular weight is 432 g/mol. The van der Waals surface area contributed by atoms with E-state index >= 15 is 0 Å². The van der Waals surface area contributed by atoms with Crippen LogP contribution < -0.4 is 16.8 Å². The van der Waals surface area contributed by atoms with Crippen LogP contribution in [0.25, 0.3) is 0 Å². The van der Waals surface area contributed by atoms with E-state index in [9.17, 15) is 14.4 Å². The van der Waals surface area contributed by atoms with E-state index in [0.717, 1.165) is 0 Å². The highest BCUT2D eigenvalue weighted by Crippen LogP contribution is 2.17. The second kappa shape index (κ2) is 11.6. The summed E-state index contributed by atoms with van der Waals surface area (Å²) in [4.78, 5) is 39.1. The van der Waals surface area contributed by atoms with Gasteiger partial charge in [-0.25, -0.2) is 9.59 Å². The van der Waals surface area contributed by atoms with Crippen molar-refractivity contribution < 1.29 is 24.0 Å². The molecule has 2 unspecified atom stereocenters. The van der Waals surface area contributed by atoms with E-state index in [1.165, 1.54) is 10.5 Å². The summed E-state index contributed by atoms with van der Waals surface area (Å²) in [5.41, 5.74) is 12.2. The maximum absolute atomic E-state index is 12.0. The molecule has 0 spiro atoms. The zero-order valence-corrected chi connectivity index (χ0v) is 17.4. The van der Waals surface area contributed by atoms with Crippen LogP contribution in [0.1, 0.15) is 49.0 Å². The number of amides is 3. The summed E-state index contributed by atoms with van der Waals surface area (Å²) >= 11 is 0. The molecule has 0 radical (unpaired) electrons. The molecule has 1 aromatic heterocycles. The molecule has 11 heteroatoms. The van der Waals surface area contributed by atoms with Crippen molar-refractivity contribution in [3.8, 4) is 0 Å². The number of aromatic nitrogens is 2. The fourth-order valence-corrected chi connectivity index (χ4v) is 2.97. The molecule has 168 valence electrons. The number of carbonyl (C=O) groups excluding carboxylic acids is 2. The van der Waals surface area contributed by atoms with E-state index in [1.54, 1.807) is 0 Å². The molecule has 6 N–H and O–H groups in total. The number of benzene rings is 1. The van der Waals surface area contributed by atoms with Gasteiger partial charge in [-0.1, -0.05) is 41.1 Å². The molecule has 2 heterocycles. The van der Waals surface area contributed by atoms with Gasteiger partial charge in [-0.3, -0.25) is 4.79 Å². The van der Waals surface area contributed by atoms with E-state index in [-0.39, 0.29) is 31.1 Å². The molecule has 31 heavy (non-hydrogen) atoms. The second-order valence-electron chi connectivity index (χ2n) is 7.16. The van der Waals surface area contributed by atoms with Gasteiger partial charge in [0.25, 0.3) is 0 Å². The first kappa shape index (κ1) is 23.8. The van der Waals surface area contributed by atoms with Crippen molar-refractivity contribution in [3.05, 3.63) is 47.6 Å². The lowest BCUT2D eigenvalue weighted by Gasteiger charge is -2.21. The molecule has 1 aliphatic rings. The fraction of sp³-hybridized carbons (Fsp3) is 0.450. The Labute approximate surface area is 179 Å². The first-order chi connectivity index (χ1) is 14.8. The van der Waals surface area contributed by atoms with Crippen LogP contribution in [0, 0.1) is 6.92 Å². The van der Waals surface area contributed by atoms with Crippen LogP contribution in [0.15, 0.2) is 34.9 Å². The smallest absolute Gasteiger partial charge is 0.326 e. The number of carbonyl (C=O) groups is 3. The summed E-state index contributed by atoms with van der Waals surface area (Å²) < 4.78 is 4.97. The van der Waals surface area contributed by atoms with Crippen LogP contribution in [0.3, 0.4) is 0 Å². The number of urea groups is 1. The third-order valence-electron chi connectivity index (χ3n) is 4.65. The zero-order valence-electron chi connectivity index (χ0n) is 17.4. The van der Waals surface area contributed by atoms with E-state index in [4.69, 9.17) is 21.1 Å². The Balaban J connectivity index is 0.000000412. The standard InChI is InChI=1S/C13H20N6O5.C7H8/c14-7(3-4-9(15)20)11-17-10(24-18-11)6-16-13(23)19-5-1-2-8(19)12(21)22;1-7-5-3-2-4-6-7/h7-8H,1-6,14H2,(H2,15,20)(H,16,23)(H,21,22);2-6H,1H3. The number of aliphatic carboxylic acids is 1. The Kier molecular flexibility index (Phi) is 8.94. The molecule has 11 nitrogen and oxygen atoms in total. The number of hydrogen-bond acceptors (Lipinski definition) is 7. The number of hydrogen-bond donors (Lipinski definition) is 4. The van der Waals surface area contributed by atoms with Gasteiger partial charge in [0.05, 0.1) is 12.6 Å². The van der Waals surface area contributed by atoms with Gasteiger partial charge in [-0.15, -0.1) is 0 Å². The molecule has 1 saturated heterocycles. The number of primary amides is 1. The van der Waals surface area contributed by atoms with Crippen LogP contribution in [0.2, 0.25) is 0 Å². The number of carboxylic acids is 1. The Morgan fingerprint density at radius 2 is 2.03 bits per heavy atom. The van der Waals surface area contributed by atoms with Crippen molar-refractivity contribution in [2.75, 3.05) is 6.54 Å². The third kappa shape index (κ3) is 7.70. The quantitative estimate of drug-likeness (QED) is 0.502. The third-order valence-corrected chi connectivity index (χ3v) is 4.65. The normalized spacial score (nSPS) is 16.2. The zero-order chi connectivity index (χ0) is 22.8. The maximum Gasteiger partial charge on any atom is 0.326 e. The lowest BCUT2D eigenvalue weighted by molar-refractivity contribution is -0.141. The summed E-state index contributed by atoms with van der Waals surface area (Å²) in [6, 6.07) is 8.35. The maximum atomic E-state index is 12.0. The predicted octanol–water partition coefficient (Wildman–Crippen LogP) is 1.09. The van der Waals surface area contributed by atoms with Gasteiger partial charge in [-0.2, -0.15) is 4.98 Å². The monoisotopic (exact) mass is 432 g/mol. The highest BCUT2D eigenvalue weighted by atomic mass is 16.5. The van der Waals surface area contributed by atoms with Crippen LogP contribution in [-0.2, 0) is 16.1 Å². The van der Waals surface area contributed by atoms with Gasteiger partial charge in [0.15, 0.2) is 5.82 Å². The van der Waals surface area contributed by atoms with Crippen molar-refractivity contribution >= 4 is 17.9 Å². The number of carboxylic acid groups (broad SMARTS) is 1. The van der Waals surface area contributed by atoms with Crippen LogP contribution >= 0.6 is 0 Å². The minimum atomic E-state index is -1.02. The second-order valence-corrected chi connectivity index (χ2v) is 7.16. The summed E-state index contributed by atoms with van der Waals surface area (Å²) in [6.45, 7) is 2.42. The highest BCUT2D eigenvalue weighted by Gasteiger charge is 2.34. The average Bonchev–Trinajstić information content (AvgIpc) is 3.41. The van der Waals surface area contributed by atoms with Crippen molar-refractivity contribution in [2.24, 2.45) is 11.5 Å². The molecule has 1 aromatic carbocycles. The van der Waals surface area contributed by atoms with Crippen molar-refractivity contribution in [3.63, 3.8) is 0 Å². The molecular weight excluding hydrogens is 404 g/mol. The number of nitrogens with zero attached hydrogens (tertiary/aromatic N) is 3. The van der Waals surface area contributed by atoms with Crippen LogP contribution in [0.5, 0.6) is 0 Å². The van der Waals surface area contributed by atoms with Gasteiger partial charge < -0.3 is 31.3 Å². The Hall–Kier alpha value is -3.47. The number of nitrogens with two attached hydrogens (primary N) is 2. The van der Waals surface area contributed by atoms with Crippen molar-refractivity contribution in [2.45, 2.75) is 51.2 Å². The minimum absolute atomic E-state index is 0.0444. The van der Waals surface area contributed by atoms with E-state index < -0.39 is 30.0 Å². The number of nitrogens with one attached hydrogen (secondary N) is 1. The Morgan fingerprint density at radius 1 is 1.32 bits per heavy atom. The summed E-state index contributed by atoms with van der Waals surface area (Å²) in [7, 11) is 0. The predicted molar refractivity (Wildman–Crippen MR) is 110 cm³/mol. The lowest BCUT2D eigenvalue weighted by atomic mass is 10.1. The molecule has 3 amide bonds. The van der Waals surface area contributed by atoms with E-state index in [2.05, 4.69) is 34.5 Å². The molecule has 0 bridgehead atoms. The number of aryl methyl sites for hydroxylation is 1. The van der Waals surface area contributed by atoms with E-state index in [1.807, 2.05) is 18.2 Å². The molecule has 0 aliphatic carbocycles. The van der Waals surface area contributed by atoms with Gasteiger partial charge in [0.1, 0.15) is 6.04 Å². The molecule has 1 aliphatic heterocycles. The largest absolute Gasteiger partial charge is 0.480 e. The topological polar surface area (TPSA) is 178 Å². The molecule has 2 aromatic rings. The molecular formula is C20H28N6O5. The number of rotatable bonds is 7. The summed E-state index contributed by atoms with van der Waals surface area (Å²) in [6.07, 6.45) is 1.47. The fourth-order valence-electron chi connectivity index (χ4n) is 2.97. The lowest BCUT2D eigenvalue weighted by Crippen LogP contribution is -2.45. The first-order valence-electron chi connectivity index (χ1n) is 9.93. The highest BCUT2D eigenvalue weighted by molar-refractivity contribution is 5.83. The molecule has 1 fully saturated rings. The molecule has 0 saturated carbocycles. The first-order valence-corrected chi connectivity index (χ1v) is 9.93. The molecule has 3 rings (SSSR count). The van der Waals surface area contributed by atoms with Crippen LogP contribution in [-0.4, -0.2) is 50.6 Å². The summed E-state index contributed by atoms with van der Waals surface area (Å²) in [5, 5.41) is 15.3. The van der Waals surface area contributed by atoms with Crippen molar-refractivity contribution in [1.29, 1.82) is 0 Å². The minimum Gasteiger partial charge on any atom is -0.480 e. The van der Waals surface area contributed by atoms with Gasteiger partial charge in [-0.05, 0) is 26.2 Å². The van der Waals surface area contributed by atoms with Crippen LogP contribution in [0.4, 0.5) is 4.79 Å². The SMILES string of the molecule is Cc1ccccc1.NC(=O)CCC(N)c1noc(CNC(=O)N2CCCC2C(=O)O)n1. The van der Waals surface area contributed by atoms with Crippen molar-refractivity contribution in [1.82, 2.24) is 20.4 Å².